The first kappa shape index (κ1) is 20.6. The van der Waals surface area contributed by atoms with E-state index in [2.05, 4.69) is 52.2 Å². The predicted molar refractivity (Wildman–Crippen MR) is 108 cm³/mol. The molecule has 1 saturated heterocycles. The summed E-state index contributed by atoms with van der Waals surface area (Å²) in [5.74, 6) is 0.463. The highest BCUT2D eigenvalue weighted by Gasteiger charge is 2.24. The summed E-state index contributed by atoms with van der Waals surface area (Å²) in [4.78, 5) is 18.0. The van der Waals surface area contributed by atoms with E-state index in [1.54, 1.807) is 4.90 Å². The lowest BCUT2D eigenvalue weighted by Crippen LogP contribution is -2.48. The lowest BCUT2D eigenvalue weighted by molar-refractivity contribution is 0.0963. The van der Waals surface area contributed by atoms with E-state index < -0.39 is 0 Å². The first-order valence-electron chi connectivity index (χ1n) is 9.06. The number of benzene rings is 1. The Hall–Kier alpha value is -1.76. The van der Waals surface area contributed by atoms with Crippen LogP contribution in [-0.4, -0.2) is 49.2 Å². The first-order chi connectivity index (χ1) is 12.3. The molecule has 0 atom stereocenters. The molecule has 1 amide bonds. The van der Waals surface area contributed by atoms with Gasteiger partial charge in [-0.2, -0.15) is 0 Å². The zero-order chi connectivity index (χ0) is 19.2. The van der Waals surface area contributed by atoms with Crippen LogP contribution >= 0.6 is 15.9 Å². The summed E-state index contributed by atoms with van der Waals surface area (Å²) in [5, 5.41) is 3.28. The molecule has 6 nitrogen and oxygen atoms in total. The number of nitrogens with one attached hydrogen (secondary N) is 1. The summed E-state index contributed by atoms with van der Waals surface area (Å²) in [6, 6.07) is 8.53. The molecule has 1 aliphatic heterocycles. The van der Waals surface area contributed by atoms with E-state index in [4.69, 9.17) is 10.5 Å². The third-order valence-electron chi connectivity index (χ3n) is 4.64. The van der Waals surface area contributed by atoms with E-state index in [9.17, 15) is 4.79 Å². The van der Waals surface area contributed by atoms with E-state index in [0.717, 1.165) is 17.3 Å². The molecule has 3 N–H and O–H groups in total. The quantitative estimate of drug-likeness (QED) is 0.561. The summed E-state index contributed by atoms with van der Waals surface area (Å²) >= 11 is 3.46. The number of carbonyl (C=O) groups excluding carboxylic acids is 1. The van der Waals surface area contributed by atoms with Gasteiger partial charge in [-0.1, -0.05) is 41.9 Å². The van der Waals surface area contributed by atoms with E-state index in [0.29, 0.717) is 32.2 Å². The molecule has 0 aliphatic carbocycles. The molecule has 1 aromatic rings. The van der Waals surface area contributed by atoms with Crippen LogP contribution in [0.15, 0.2) is 33.7 Å². The van der Waals surface area contributed by atoms with Crippen molar-refractivity contribution in [2.75, 3.05) is 26.2 Å². The average Bonchev–Trinajstić information content (AvgIpc) is 2.61. The van der Waals surface area contributed by atoms with Gasteiger partial charge in [0.2, 0.25) is 0 Å². The molecule has 0 radical (unpaired) electrons. The highest BCUT2D eigenvalue weighted by atomic mass is 79.9. The van der Waals surface area contributed by atoms with Gasteiger partial charge in [0, 0.05) is 29.0 Å². The van der Waals surface area contributed by atoms with Crippen molar-refractivity contribution in [1.29, 1.82) is 0 Å². The molecule has 0 bridgehead atoms. The van der Waals surface area contributed by atoms with Crippen LogP contribution in [0.5, 0.6) is 0 Å². The van der Waals surface area contributed by atoms with Gasteiger partial charge < -0.3 is 20.7 Å². The summed E-state index contributed by atoms with van der Waals surface area (Å²) < 4.78 is 6.10. The van der Waals surface area contributed by atoms with E-state index in [1.165, 1.54) is 5.56 Å². The van der Waals surface area contributed by atoms with Crippen LogP contribution in [0.4, 0.5) is 4.79 Å². The molecule has 0 aromatic heterocycles. The van der Waals surface area contributed by atoms with Crippen molar-refractivity contribution >= 4 is 28.0 Å². The van der Waals surface area contributed by atoms with Gasteiger partial charge in [-0.15, -0.1) is 0 Å². The number of hydrogen-bond donors (Lipinski definition) is 2. The number of rotatable bonds is 5. The van der Waals surface area contributed by atoms with Crippen LogP contribution in [-0.2, 0) is 10.2 Å². The number of nitrogens with zero attached hydrogens (tertiary/aromatic N) is 2. The molecule has 1 fully saturated rings. The second-order valence-electron chi connectivity index (χ2n) is 7.20. The Kier molecular flexibility index (Phi) is 7.32. The minimum atomic E-state index is -0.233. The maximum absolute atomic E-state index is 11.7. The van der Waals surface area contributed by atoms with Gasteiger partial charge in [0.1, 0.15) is 0 Å². The van der Waals surface area contributed by atoms with Gasteiger partial charge >= 0.3 is 6.09 Å². The fraction of sp³-hybridized carbons (Fsp3) is 0.579. The smallest absolute Gasteiger partial charge is 0.409 e. The Morgan fingerprint density at radius 1 is 1.35 bits per heavy atom. The summed E-state index contributed by atoms with van der Waals surface area (Å²) in [7, 11) is 0. The van der Waals surface area contributed by atoms with Gasteiger partial charge in [-0.3, -0.25) is 4.99 Å². The zero-order valence-corrected chi connectivity index (χ0v) is 17.4. The number of carbonyl (C=O) groups is 1. The first-order valence-corrected chi connectivity index (χ1v) is 9.85. The van der Waals surface area contributed by atoms with E-state index in [1.807, 2.05) is 19.1 Å². The van der Waals surface area contributed by atoms with Gasteiger partial charge in [-0.25, -0.2) is 4.79 Å². The van der Waals surface area contributed by atoms with Gasteiger partial charge in [0.05, 0.1) is 13.2 Å². The molecule has 26 heavy (non-hydrogen) atoms. The van der Waals surface area contributed by atoms with Gasteiger partial charge in [0.25, 0.3) is 0 Å². The third kappa shape index (κ3) is 5.90. The molecule has 1 heterocycles. The average molecular weight is 425 g/mol. The zero-order valence-electron chi connectivity index (χ0n) is 15.8. The lowest BCUT2D eigenvalue weighted by atomic mass is 9.85. The maximum Gasteiger partial charge on any atom is 0.409 e. The van der Waals surface area contributed by atoms with Crippen molar-refractivity contribution in [2.24, 2.45) is 10.7 Å². The van der Waals surface area contributed by atoms with E-state index in [-0.39, 0.29) is 17.6 Å². The van der Waals surface area contributed by atoms with Crippen LogP contribution in [0.25, 0.3) is 0 Å². The number of piperidine rings is 1. The number of guanidine groups is 1. The molecule has 7 heteroatoms. The second kappa shape index (κ2) is 9.26. The highest BCUT2D eigenvalue weighted by molar-refractivity contribution is 9.10. The molecule has 0 saturated carbocycles. The predicted octanol–water partition coefficient (Wildman–Crippen LogP) is 3.25. The van der Waals surface area contributed by atoms with Crippen molar-refractivity contribution < 1.29 is 9.53 Å². The molecule has 0 unspecified atom stereocenters. The molecular weight excluding hydrogens is 396 g/mol. The Morgan fingerprint density at radius 3 is 2.54 bits per heavy atom. The molecule has 2 rings (SSSR count). The van der Waals surface area contributed by atoms with Crippen LogP contribution in [0.3, 0.4) is 0 Å². The lowest BCUT2D eigenvalue weighted by Gasteiger charge is -2.32. The van der Waals surface area contributed by atoms with Crippen LogP contribution in [0.2, 0.25) is 0 Å². The fourth-order valence-electron chi connectivity index (χ4n) is 2.95. The van der Waals surface area contributed by atoms with Crippen molar-refractivity contribution in [3.63, 3.8) is 0 Å². The van der Waals surface area contributed by atoms with Gasteiger partial charge in [-0.05, 0) is 37.5 Å². The van der Waals surface area contributed by atoms with Crippen molar-refractivity contribution in [3.05, 3.63) is 34.3 Å². The van der Waals surface area contributed by atoms with Gasteiger partial charge in [0.15, 0.2) is 5.96 Å². The Morgan fingerprint density at radius 2 is 1.96 bits per heavy atom. The summed E-state index contributed by atoms with van der Waals surface area (Å²) in [5.41, 5.74) is 7.21. The summed E-state index contributed by atoms with van der Waals surface area (Å²) in [6.45, 7) is 8.50. The number of likely N-dealkylation sites (tertiary alicyclic amines) is 1. The molecule has 1 aliphatic rings. The minimum Gasteiger partial charge on any atom is -0.450 e. The second-order valence-corrected chi connectivity index (χ2v) is 8.11. The number of ether oxygens (including phenoxy) is 1. The SMILES string of the molecule is CCOC(=O)N1CCC(NC(N)=NCC(C)(C)c2ccc(Br)cc2)CC1. The standard InChI is InChI=1S/C19H29BrN4O2/c1-4-26-18(25)24-11-9-16(10-12-24)23-17(21)22-13-19(2,3)14-5-7-15(20)8-6-14/h5-8,16H,4,9-13H2,1-3H3,(H3,21,22,23). The number of aliphatic imine (C=N–C) groups is 1. The molecule has 0 spiro atoms. The van der Waals surface area contributed by atoms with Crippen LogP contribution in [0, 0.1) is 0 Å². The highest BCUT2D eigenvalue weighted by Crippen LogP contribution is 2.25. The summed E-state index contributed by atoms with van der Waals surface area (Å²) in [6.07, 6.45) is 1.44. The number of nitrogens with two attached hydrogens (primary N) is 1. The number of hydrogen-bond acceptors (Lipinski definition) is 3. The van der Waals surface area contributed by atoms with Crippen molar-refractivity contribution in [3.8, 4) is 0 Å². The Bertz CT molecular complexity index is 623. The maximum atomic E-state index is 11.7. The van der Waals surface area contributed by atoms with Crippen molar-refractivity contribution in [1.82, 2.24) is 10.2 Å². The largest absolute Gasteiger partial charge is 0.450 e. The normalized spacial score (nSPS) is 16.5. The Balaban J connectivity index is 1.83. The fourth-order valence-corrected chi connectivity index (χ4v) is 3.22. The number of halogens is 1. The van der Waals surface area contributed by atoms with E-state index >= 15 is 0 Å². The minimum absolute atomic E-state index is 0.0969. The molecular formula is C19H29BrN4O2. The van der Waals surface area contributed by atoms with Crippen LogP contribution in [0.1, 0.15) is 39.2 Å². The topological polar surface area (TPSA) is 80.0 Å². The molecule has 1 aromatic carbocycles. The molecule has 144 valence electrons. The monoisotopic (exact) mass is 424 g/mol. The van der Waals surface area contributed by atoms with Crippen LogP contribution < -0.4 is 11.1 Å². The third-order valence-corrected chi connectivity index (χ3v) is 5.17. The Labute approximate surface area is 164 Å². The van der Waals surface area contributed by atoms with Crippen molar-refractivity contribution in [2.45, 2.75) is 45.1 Å². The number of amides is 1.